The summed E-state index contributed by atoms with van der Waals surface area (Å²) in [6.45, 7) is 2.73. The minimum atomic E-state index is -0.109. The lowest BCUT2D eigenvalue weighted by Crippen LogP contribution is -2.49. The predicted octanol–water partition coefficient (Wildman–Crippen LogP) is 0.137. The number of rotatable bonds is 4. The molecule has 2 N–H and O–H groups in total. The van der Waals surface area contributed by atoms with Crippen molar-refractivity contribution in [3.8, 4) is 0 Å². The van der Waals surface area contributed by atoms with Crippen LogP contribution in [-0.2, 0) is 4.74 Å². The molecule has 0 bridgehead atoms. The van der Waals surface area contributed by atoms with E-state index in [1.54, 1.807) is 0 Å². The highest BCUT2D eigenvalue weighted by molar-refractivity contribution is 4.92. The molecule has 1 aliphatic carbocycles. The van der Waals surface area contributed by atoms with E-state index in [2.05, 4.69) is 5.32 Å². The summed E-state index contributed by atoms with van der Waals surface area (Å²) in [5.74, 6) is 0.869. The van der Waals surface area contributed by atoms with Crippen LogP contribution in [0.15, 0.2) is 0 Å². The summed E-state index contributed by atoms with van der Waals surface area (Å²) in [4.78, 5) is 0. The molecule has 0 spiro atoms. The average molecular weight is 171 g/mol. The van der Waals surface area contributed by atoms with E-state index in [1.807, 2.05) is 0 Å². The molecule has 0 aromatic heterocycles. The van der Waals surface area contributed by atoms with Gasteiger partial charge in [0, 0.05) is 6.61 Å². The summed E-state index contributed by atoms with van der Waals surface area (Å²) in [6.07, 6.45) is 3.67. The third-order valence-electron chi connectivity index (χ3n) is 2.87. The molecule has 1 atom stereocenters. The summed E-state index contributed by atoms with van der Waals surface area (Å²) >= 11 is 0. The SMILES string of the molecule is OCC1(NCC2CC2)CCOC1. The summed E-state index contributed by atoms with van der Waals surface area (Å²) in [5.41, 5.74) is -0.109. The molecule has 1 saturated carbocycles. The Bertz CT molecular complexity index is 151. The largest absolute Gasteiger partial charge is 0.394 e. The van der Waals surface area contributed by atoms with Crippen molar-refractivity contribution in [3.63, 3.8) is 0 Å². The Balaban J connectivity index is 1.79. The molecule has 1 heterocycles. The van der Waals surface area contributed by atoms with Gasteiger partial charge in [-0.2, -0.15) is 0 Å². The monoisotopic (exact) mass is 171 g/mol. The lowest BCUT2D eigenvalue weighted by molar-refractivity contribution is 0.120. The summed E-state index contributed by atoms with van der Waals surface area (Å²) < 4.78 is 5.28. The highest BCUT2D eigenvalue weighted by Crippen LogP contribution is 2.29. The van der Waals surface area contributed by atoms with Crippen molar-refractivity contribution in [1.29, 1.82) is 0 Å². The molecular weight excluding hydrogens is 154 g/mol. The van der Waals surface area contributed by atoms with Crippen LogP contribution in [0.25, 0.3) is 0 Å². The fourth-order valence-corrected chi connectivity index (χ4v) is 1.61. The van der Waals surface area contributed by atoms with Gasteiger partial charge in [0.25, 0.3) is 0 Å². The Morgan fingerprint density at radius 2 is 2.33 bits per heavy atom. The van der Waals surface area contributed by atoms with Crippen LogP contribution in [0.5, 0.6) is 0 Å². The number of ether oxygens (including phenoxy) is 1. The molecule has 1 unspecified atom stereocenters. The van der Waals surface area contributed by atoms with Gasteiger partial charge in [-0.15, -0.1) is 0 Å². The zero-order chi connectivity index (χ0) is 8.44. The Hall–Kier alpha value is -0.120. The van der Waals surface area contributed by atoms with Gasteiger partial charge in [0.15, 0.2) is 0 Å². The number of nitrogens with one attached hydrogen (secondary N) is 1. The Morgan fingerprint density at radius 1 is 1.50 bits per heavy atom. The smallest absolute Gasteiger partial charge is 0.0673 e. The number of aliphatic hydroxyl groups excluding tert-OH is 1. The van der Waals surface area contributed by atoms with E-state index in [0.717, 1.165) is 25.5 Å². The van der Waals surface area contributed by atoms with Gasteiger partial charge in [0.2, 0.25) is 0 Å². The molecule has 0 aromatic carbocycles. The van der Waals surface area contributed by atoms with Crippen LogP contribution in [0.4, 0.5) is 0 Å². The first-order valence-corrected chi connectivity index (χ1v) is 4.78. The Labute approximate surface area is 73.1 Å². The standard InChI is InChI=1S/C9H17NO2/c11-6-9(3-4-12-7-9)10-5-8-1-2-8/h8,10-11H,1-7H2. The van der Waals surface area contributed by atoms with E-state index in [1.165, 1.54) is 12.8 Å². The van der Waals surface area contributed by atoms with E-state index in [0.29, 0.717) is 6.61 Å². The van der Waals surface area contributed by atoms with Gasteiger partial charge in [0.1, 0.15) is 0 Å². The highest BCUT2D eigenvalue weighted by Gasteiger charge is 2.35. The van der Waals surface area contributed by atoms with Crippen molar-refractivity contribution in [2.45, 2.75) is 24.8 Å². The van der Waals surface area contributed by atoms with Crippen LogP contribution >= 0.6 is 0 Å². The third-order valence-corrected chi connectivity index (χ3v) is 2.87. The number of hydrogen-bond donors (Lipinski definition) is 2. The molecule has 1 aliphatic heterocycles. The molecule has 0 amide bonds. The maximum Gasteiger partial charge on any atom is 0.0673 e. The van der Waals surface area contributed by atoms with Gasteiger partial charge in [-0.1, -0.05) is 0 Å². The van der Waals surface area contributed by atoms with Crippen LogP contribution in [-0.4, -0.2) is 37.0 Å². The van der Waals surface area contributed by atoms with Crippen molar-refractivity contribution in [3.05, 3.63) is 0 Å². The van der Waals surface area contributed by atoms with Gasteiger partial charge in [0.05, 0.1) is 18.8 Å². The highest BCUT2D eigenvalue weighted by atomic mass is 16.5. The van der Waals surface area contributed by atoms with Crippen molar-refractivity contribution in [2.24, 2.45) is 5.92 Å². The fraction of sp³-hybridized carbons (Fsp3) is 1.00. The molecule has 0 radical (unpaired) electrons. The molecule has 0 aromatic rings. The van der Waals surface area contributed by atoms with Crippen LogP contribution in [0, 0.1) is 5.92 Å². The first kappa shape index (κ1) is 8.48. The zero-order valence-corrected chi connectivity index (χ0v) is 7.38. The van der Waals surface area contributed by atoms with Gasteiger partial charge in [-0.3, -0.25) is 0 Å². The molecule has 70 valence electrons. The lowest BCUT2D eigenvalue weighted by atomic mass is 10.00. The summed E-state index contributed by atoms with van der Waals surface area (Å²) in [6, 6.07) is 0. The van der Waals surface area contributed by atoms with E-state index < -0.39 is 0 Å². The van der Waals surface area contributed by atoms with Crippen molar-refractivity contribution in [1.82, 2.24) is 5.32 Å². The second-order valence-electron chi connectivity index (χ2n) is 4.07. The average Bonchev–Trinajstić information content (AvgIpc) is 2.82. The summed E-state index contributed by atoms with van der Waals surface area (Å²) in [7, 11) is 0. The number of hydrogen-bond acceptors (Lipinski definition) is 3. The van der Waals surface area contributed by atoms with Gasteiger partial charge < -0.3 is 15.2 Å². The van der Waals surface area contributed by atoms with Crippen LogP contribution in [0.2, 0.25) is 0 Å². The summed E-state index contributed by atoms with van der Waals surface area (Å²) in [5, 5.41) is 12.6. The maximum atomic E-state index is 9.21. The lowest BCUT2D eigenvalue weighted by Gasteiger charge is -2.26. The first-order chi connectivity index (χ1) is 5.85. The van der Waals surface area contributed by atoms with Crippen molar-refractivity contribution < 1.29 is 9.84 Å². The molecule has 2 fully saturated rings. The van der Waals surface area contributed by atoms with Gasteiger partial charge in [-0.25, -0.2) is 0 Å². The molecule has 1 saturated heterocycles. The molecule has 3 nitrogen and oxygen atoms in total. The second-order valence-corrected chi connectivity index (χ2v) is 4.07. The molecule has 2 rings (SSSR count). The molecule has 12 heavy (non-hydrogen) atoms. The van der Waals surface area contributed by atoms with Crippen LogP contribution in [0.3, 0.4) is 0 Å². The fourth-order valence-electron chi connectivity index (χ4n) is 1.61. The Morgan fingerprint density at radius 3 is 2.83 bits per heavy atom. The third kappa shape index (κ3) is 1.79. The van der Waals surface area contributed by atoms with Crippen molar-refractivity contribution >= 4 is 0 Å². The van der Waals surface area contributed by atoms with E-state index in [4.69, 9.17) is 4.74 Å². The van der Waals surface area contributed by atoms with Crippen molar-refractivity contribution in [2.75, 3.05) is 26.4 Å². The van der Waals surface area contributed by atoms with Crippen LogP contribution < -0.4 is 5.32 Å². The normalized spacial score (nSPS) is 35.8. The van der Waals surface area contributed by atoms with Gasteiger partial charge >= 0.3 is 0 Å². The zero-order valence-electron chi connectivity index (χ0n) is 7.38. The first-order valence-electron chi connectivity index (χ1n) is 4.78. The van der Waals surface area contributed by atoms with E-state index in [-0.39, 0.29) is 12.1 Å². The van der Waals surface area contributed by atoms with E-state index >= 15 is 0 Å². The molecule has 3 heteroatoms. The number of aliphatic hydroxyl groups is 1. The molecular formula is C9H17NO2. The van der Waals surface area contributed by atoms with Gasteiger partial charge in [-0.05, 0) is 31.7 Å². The topological polar surface area (TPSA) is 41.5 Å². The quantitative estimate of drug-likeness (QED) is 0.632. The predicted molar refractivity (Wildman–Crippen MR) is 46.0 cm³/mol. The molecule has 2 aliphatic rings. The second kappa shape index (κ2) is 3.32. The minimum Gasteiger partial charge on any atom is -0.394 e. The van der Waals surface area contributed by atoms with E-state index in [9.17, 15) is 5.11 Å². The maximum absolute atomic E-state index is 9.21. The minimum absolute atomic E-state index is 0.109. The Kier molecular flexibility index (Phi) is 2.35. The van der Waals surface area contributed by atoms with Crippen LogP contribution in [0.1, 0.15) is 19.3 Å².